The summed E-state index contributed by atoms with van der Waals surface area (Å²) in [6, 6.07) is 2.05. The minimum atomic E-state index is -0.825. The zero-order chi connectivity index (χ0) is 12.0. The molecule has 0 aromatic rings. The normalized spacial score (nSPS) is 20.6. The van der Waals surface area contributed by atoms with Crippen LogP contribution in [0.2, 0.25) is 0 Å². The van der Waals surface area contributed by atoms with Crippen LogP contribution in [0.25, 0.3) is 0 Å². The zero-order valence-electron chi connectivity index (χ0n) is 9.19. The van der Waals surface area contributed by atoms with E-state index < -0.39 is 11.9 Å². The van der Waals surface area contributed by atoms with Gasteiger partial charge in [-0.3, -0.25) is 9.59 Å². The number of carboxylic acid groups (broad SMARTS) is 1. The Hall–Kier alpha value is -1.57. The Morgan fingerprint density at radius 3 is 2.94 bits per heavy atom. The van der Waals surface area contributed by atoms with Crippen LogP contribution in [-0.4, -0.2) is 35.0 Å². The van der Waals surface area contributed by atoms with Crippen LogP contribution in [0.4, 0.5) is 0 Å². The fourth-order valence-electron chi connectivity index (χ4n) is 1.84. The van der Waals surface area contributed by atoms with E-state index >= 15 is 0 Å². The van der Waals surface area contributed by atoms with Crippen molar-refractivity contribution in [3.05, 3.63) is 0 Å². The van der Waals surface area contributed by atoms with Gasteiger partial charge in [0.1, 0.15) is 0 Å². The van der Waals surface area contributed by atoms with Crippen LogP contribution in [-0.2, 0) is 9.59 Å². The van der Waals surface area contributed by atoms with Crippen LogP contribution in [0.3, 0.4) is 0 Å². The third-order valence-corrected chi connectivity index (χ3v) is 2.82. The third-order valence-electron chi connectivity index (χ3n) is 2.82. The van der Waals surface area contributed by atoms with Gasteiger partial charge in [-0.1, -0.05) is 0 Å². The molecule has 1 aliphatic rings. The molecule has 88 valence electrons. The van der Waals surface area contributed by atoms with E-state index in [9.17, 15) is 9.59 Å². The number of nitrogens with zero attached hydrogens (tertiary/aromatic N) is 2. The van der Waals surface area contributed by atoms with Crippen molar-refractivity contribution in [3.8, 4) is 6.07 Å². The minimum absolute atomic E-state index is 0.0365. The number of carbonyl (C=O) groups excluding carboxylic acids is 1. The van der Waals surface area contributed by atoms with Gasteiger partial charge in [-0.15, -0.1) is 0 Å². The highest BCUT2D eigenvalue weighted by Crippen LogP contribution is 2.18. The van der Waals surface area contributed by atoms with Crippen LogP contribution >= 0.6 is 0 Å². The smallest absolute Gasteiger partial charge is 0.308 e. The third kappa shape index (κ3) is 3.54. The molecule has 1 fully saturated rings. The molecule has 0 aliphatic carbocycles. The lowest BCUT2D eigenvalue weighted by molar-refractivity contribution is -0.147. The second kappa shape index (κ2) is 6.11. The maximum Gasteiger partial charge on any atom is 0.308 e. The number of hydrogen-bond acceptors (Lipinski definition) is 3. The first-order valence-electron chi connectivity index (χ1n) is 5.52. The Labute approximate surface area is 94.7 Å². The van der Waals surface area contributed by atoms with E-state index in [1.165, 1.54) is 0 Å². The van der Waals surface area contributed by atoms with Gasteiger partial charge in [-0.25, -0.2) is 0 Å². The van der Waals surface area contributed by atoms with E-state index in [1.807, 2.05) is 6.07 Å². The van der Waals surface area contributed by atoms with Gasteiger partial charge in [0, 0.05) is 25.9 Å². The van der Waals surface area contributed by atoms with Crippen LogP contribution < -0.4 is 0 Å². The summed E-state index contributed by atoms with van der Waals surface area (Å²) in [6.07, 6.45) is 2.80. The van der Waals surface area contributed by atoms with Gasteiger partial charge >= 0.3 is 5.97 Å². The van der Waals surface area contributed by atoms with Gasteiger partial charge in [0.25, 0.3) is 0 Å². The molecule has 0 spiro atoms. The molecule has 1 amide bonds. The summed E-state index contributed by atoms with van der Waals surface area (Å²) in [5.41, 5.74) is 0. The minimum Gasteiger partial charge on any atom is -0.481 e. The number of amides is 1. The largest absolute Gasteiger partial charge is 0.481 e. The Morgan fingerprint density at radius 1 is 1.56 bits per heavy atom. The number of carbonyl (C=O) groups is 2. The molecule has 1 unspecified atom stereocenters. The standard InChI is InChI=1S/C11H16N2O3/c12-6-2-1-3-7-13-8-9(11(15)16)4-5-10(13)14/h9H,1-5,7-8H2,(H,15,16). The Balaban J connectivity index is 2.35. The number of nitriles is 1. The van der Waals surface area contributed by atoms with Crippen molar-refractivity contribution in [3.63, 3.8) is 0 Å². The lowest BCUT2D eigenvalue weighted by Crippen LogP contribution is -2.42. The molecule has 1 saturated heterocycles. The summed E-state index contributed by atoms with van der Waals surface area (Å²) >= 11 is 0. The molecule has 0 aromatic heterocycles. The molecule has 1 atom stereocenters. The maximum atomic E-state index is 11.5. The average Bonchev–Trinajstić information content (AvgIpc) is 2.26. The number of piperidine rings is 1. The Morgan fingerprint density at radius 2 is 2.31 bits per heavy atom. The summed E-state index contributed by atoms with van der Waals surface area (Å²) in [6.45, 7) is 0.894. The lowest BCUT2D eigenvalue weighted by atomic mass is 9.97. The zero-order valence-corrected chi connectivity index (χ0v) is 9.19. The fourth-order valence-corrected chi connectivity index (χ4v) is 1.84. The van der Waals surface area contributed by atoms with Crippen LogP contribution in [0, 0.1) is 17.2 Å². The molecule has 0 bridgehead atoms. The summed E-state index contributed by atoms with van der Waals surface area (Å²) in [5, 5.41) is 17.2. The molecule has 1 heterocycles. The van der Waals surface area contributed by atoms with Gasteiger partial charge in [0.2, 0.25) is 5.91 Å². The number of unbranched alkanes of at least 4 members (excludes halogenated alkanes) is 2. The second-order valence-corrected chi connectivity index (χ2v) is 4.03. The highest BCUT2D eigenvalue weighted by molar-refractivity contribution is 5.80. The topological polar surface area (TPSA) is 81.4 Å². The van der Waals surface area contributed by atoms with Gasteiger partial charge in [0.15, 0.2) is 0 Å². The second-order valence-electron chi connectivity index (χ2n) is 4.03. The monoisotopic (exact) mass is 224 g/mol. The first-order valence-corrected chi connectivity index (χ1v) is 5.52. The van der Waals surface area contributed by atoms with E-state index in [4.69, 9.17) is 10.4 Å². The maximum absolute atomic E-state index is 11.5. The van der Waals surface area contributed by atoms with E-state index in [0.717, 1.165) is 12.8 Å². The van der Waals surface area contributed by atoms with Crippen molar-refractivity contribution in [2.75, 3.05) is 13.1 Å². The van der Waals surface area contributed by atoms with Gasteiger partial charge in [-0.2, -0.15) is 5.26 Å². The number of rotatable bonds is 5. The predicted molar refractivity (Wildman–Crippen MR) is 56.4 cm³/mol. The first kappa shape index (κ1) is 12.5. The van der Waals surface area contributed by atoms with Gasteiger partial charge in [-0.05, 0) is 19.3 Å². The van der Waals surface area contributed by atoms with Crippen molar-refractivity contribution >= 4 is 11.9 Å². The average molecular weight is 224 g/mol. The molecule has 0 radical (unpaired) electrons. The highest BCUT2D eigenvalue weighted by atomic mass is 16.4. The number of carboxylic acids is 1. The fraction of sp³-hybridized carbons (Fsp3) is 0.727. The van der Waals surface area contributed by atoms with E-state index in [2.05, 4.69) is 0 Å². The van der Waals surface area contributed by atoms with E-state index in [-0.39, 0.29) is 5.91 Å². The van der Waals surface area contributed by atoms with Crippen molar-refractivity contribution < 1.29 is 14.7 Å². The summed E-state index contributed by atoms with van der Waals surface area (Å²) in [4.78, 5) is 23.9. The Kier molecular flexibility index (Phi) is 4.77. The van der Waals surface area contributed by atoms with Crippen LogP contribution in [0.1, 0.15) is 32.1 Å². The quantitative estimate of drug-likeness (QED) is 0.706. The molecule has 1 rings (SSSR count). The molecule has 16 heavy (non-hydrogen) atoms. The van der Waals surface area contributed by atoms with Crippen molar-refractivity contribution in [2.24, 2.45) is 5.92 Å². The summed E-state index contributed by atoms with van der Waals surface area (Å²) < 4.78 is 0. The molecule has 1 N–H and O–H groups in total. The summed E-state index contributed by atoms with van der Waals surface area (Å²) in [7, 11) is 0. The van der Waals surface area contributed by atoms with Gasteiger partial charge < -0.3 is 10.0 Å². The SMILES string of the molecule is N#CCCCCN1CC(C(=O)O)CCC1=O. The number of hydrogen-bond donors (Lipinski definition) is 1. The van der Waals surface area contributed by atoms with Gasteiger partial charge in [0.05, 0.1) is 12.0 Å². The van der Waals surface area contributed by atoms with E-state index in [0.29, 0.717) is 32.4 Å². The van der Waals surface area contributed by atoms with E-state index in [1.54, 1.807) is 4.90 Å². The lowest BCUT2D eigenvalue weighted by Gasteiger charge is -2.30. The molecular formula is C11H16N2O3. The van der Waals surface area contributed by atoms with Crippen molar-refractivity contribution in [1.82, 2.24) is 4.90 Å². The van der Waals surface area contributed by atoms with Crippen molar-refractivity contribution in [1.29, 1.82) is 5.26 Å². The van der Waals surface area contributed by atoms with Crippen LogP contribution in [0.15, 0.2) is 0 Å². The summed E-state index contributed by atoms with van der Waals surface area (Å²) in [5.74, 6) is -1.21. The molecule has 0 saturated carbocycles. The number of aliphatic carboxylic acids is 1. The van der Waals surface area contributed by atoms with Crippen molar-refractivity contribution in [2.45, 2.75) is 32.1 Å². The molecule has 5 heteroatoms. The van der Waals surface area contributed by atoms with Crippen LogP contribution in [0.5, 0.6) is 0 Å². The number of likely N-dealkylation sites (tertiary alicyclic amines) is 1. The first-order chi connectivity index (χ1) is 7.65. The molecule has 0 aromatic carbocycles. The predicted octanol–water partition coefficient (Wildman–Crippen LogP) is 1.00. The Bertz CT molecular complexity index is 309. The molecule has 5 nitrogen and oxygen atoms in total. The highest BCUT2D eigenvalue weighted by Gasteiger charge is 2.29. The molecule has 1 aliphatic heterocycles. The molecular weight excluding hydrogens is 208 g/mol.